The minimum atomic E-state index is -0.00648. The fourth-order valence-corrected chi connectivity index (χ4v) is 1.83. The molecule has 0 bridgehead atoms. The average molecular weight is 236 g/mol. The third kappa shape index (κ3) is 2.72. The van der Waals surface area contributed by atoms with E-state index in [4.69, 9.17) is 0 Å². The zero-order valence-electron chi connectivity index (χ0n) is 10.1. The maximum atomic E-state index is 9.33. The molecule has 92 valence electrons. The first-order valence-corrected chi connectivity index (χ1v) is 5.65. The molecular weight excluding hydrogens is 218 g/mol. The Hall–Kier alpha value is -1.66. The van der Waals surface area contributed by atoms with Crippen molar-refractivity contribution in [2.45, 2.75) is 6.04 Å². The molecule has 6 nitrogen and oxygen atoms in total. The smallest absolute Gasteiger partial charge is 0.142 e. The Balaban J connectivity index is 2.19. The van der Waals surface area contributed by atoms with E-state index in [1.54, 1.807) is 0 Å². The Morgan fingerprint density at radius 2 is 2.29 bits per heavy atom. The van der Waals surface area contributed by atoms with Gasteiger partial charge >= 0.3 is 0 Å². The third-order valence-electron chi connectivity index (χ3n) is 2.57. The van der Waals surface area contributed by atoms with Gasteiger partial charge in [-0.25, -0.2) is 9.97 Å². The van der Waals surface area contributed by atoms with Crippen LogP contribution in [0, 0.1) is 0 Å². The van der Waals surface area contributed by atoms with Crippen LogP contribution < -0.4 is 10.2 Å². The molecule has 2 rings (SSSR count). The fourth-order valence-electron chi connectivity index (χ4n) is 1.83. The van der Waals surface area contributed by atoms with Crippen LogP contribution in [0.25, 0.3) is 11.0 Å². The van der Waals surface area contributed by atoms with Crippen molar-refractivity contribution in [2.24, 2.45) is 0 Å². The van der Waals surface area contributed by atoms with E-state index in [0.29, 0.717) is 0 Å². The van der Waals surface area contributed by atoms with Gasteiger partial charge in [-0.05, 0) is 6.07 Å². The van der Waals surface area contributed by atoms with Crippen LogP contribution in [-0.2, 0) is 0 Å². The minimum absolute atomic E-state index is 0.00648. The molecule has 0 unspecified atom stereocenters. The number of hydrogen-bond donors (Lipinski definition) is 4. The molecule has 6 heteroatoms. The van der Waals surface area contributed by atoms with E-state index in [0.717, 1.165) is 23.4 Å². The molecule has 0 aliphatic heterocycles. The van der Waals surface area contributed by atoms with Gasteiger partial charge in [0.25, 0.3) is 0 Å². The average Bonchev–Trinajstić information content (AvgIpc) is 2.76. The summed E-state index contributed by atoms with van der Waals surface area (Å²) < 4.78 is 0. The zero-order chi connectivity index (χ0) is 12.3. The van der Waals surface area contributed by atoms with Crippen LogP contribution in [0.4, 0.5) is 5.82 Å². The van der Waals surface area contributed by atoms with Gasteiger partial charge in [-0.2, -0.15) is 0 Å². The Bertz CT molecular complexity index is 481. The Morgan fingerprint density at radius 1 is 1.47 bits per heavy atom. The lowest BCUT2D eigenvalue weighted by Crippen LogP contribution is -3.07. The predicted octanol–water partition coefficient (Wildman–Crippen LogP) is -1.12. The second-order valence-electron chi connectivity index (χ2n) is 4.40. The lowest BCUT2D eigenvalue weighted by atomic mass is 10.2. The Kier molecular flexibility index (Phi) is 3.55. The molecule has 2 aromatic rings. The third-order valence-corrected chi connectivity index (χ3v) is 2.57. The van der Waals surface area contributed by atoms with Gasteiger partial charge in [0.1, 0.15) is 17.8 Å². The molecule has 0 aromatic carbocycles. The highest BCUT2D eigenvalue weighted by Gasteiger charge is 2.13. The molecule has 2 heterocycles. The maximum Gasteiger partial charge on any atom is 0.142 e. The predicted molar refractivity (Wildman–Crippen MR) is 66.1 cm³/mol. The van der Waals surface area contributed by atoms with E-state index in [9.17, 15) is 5.11 Å². The summed E-state index contributed by atoms with van der Waals surface area (Å²) in [7, 11) is 4.10. The first-order chi connectivity index (χ1) is 8.20. The molecule has 0 amide bonds. The number of aliphatic hydroxyl groups excluding tert-OH is 1. The van der Waals surface area contributed by atoms with Gasteiger partial charge in [0.15, 0.2) is 0 Å². The molecule has 0 radical (unpaired) electrons. The van der Waals surface area contributed by atoms with Gasteiger partial charge in [0.05, 0.1) is 38.7 Å². The van der Waals surface area contributed by atoms with Crippen molar-refractivity contribution in [3.05, 3.63) is 18.6 Å². The summed E-state index contributed by atoms with van der Waals surface area (Å²) in [5.41, 5.74) is 0.802. The van der Waals surface area contributed by atoms with Crippen LogP contribution in [0.1, 0.15) is 0 Å². The van der Waals surface area contributed by atoms with Crippen molar-refractivity contribution >= 4 is 16.9 Å². The molecule has 4 N–H and O–H groups in total. The van der Waals surface area contributed by atoms with Gasteiger partial charge < -0.3 is 20.3 Å². The summed E-state index contributed by atoms with van der Waals surface area (Å²) in [5.74, 6) is 0.761. The van der Waals surface area contributed by atoms with Crippen molar-refractivity contribution in [1.82, 2.24) is 15.0 Å². The molecule has 0 spiro atoms. The first-order valence-electron chi connectivity index (χ1n) is 5.65. The number of likely N-dealkylation sites (N-methyl/N-ethyl adjacent to an activating group) is 1. The van der Waals surface area contributed by atoms with Crippen LogP contribution in [0.15, 0.2) is 18.6 Å². The summed E-state index contributed by atoms with van der Waals surface area (Å²) in [5, 5.41) is 13.5. The number of aromatic amines is 1. The van der Waals surface area contributed by atoms with Crippen LogP contribution in [0.2, 0.25) is 0 Å². The Morgan fingerprint density at radius 3 is 3.00 bits per heavy atom. The monoisotopic (exact) mass is 236 g/mol. The highest BCUT2D eigenvalue weighted by molar-refractivity contribution is 5.86. The minimum Gasteiger partial charge on any atom is -0.394 e. The SMILES string of the molecule is C[NH+](C)C[C@@H](CO)Nc1ncnc2[nH]ccc12. The number of hydrogen-bond acceptors (Lipinski definition) is 4. The van der Waals surface area contributed by atoms with E-state index < -0.39 is 0 Å². The van der Waals surface area contributed by atoms with Crippen LogP contribution >= 0.6 is 0 Å². The molecule has 2 aromatic heterocycles. The van der Waals surface area contributed by atoms with Crippen molar-refractivity contribution in [3.8, 4) is 0 Å². The van der Waals surface area contributed by atoms with Gasteiger partial charge in [-0.3, -0.25) is 0 Å². The summed E-state index contributed by atoms with van der Waals surface area (Å²) >= 11 is 0. The van der Waals surface area contributed by atoms with Crippen molar-refractivity contribution < 1.29 is 10.0 Å². The Labute approximate surface area is 99.7 Å². The van der Waals surface area contributed by atoms with Gasteiger partial charge in [-0.15, -0.1) is 0 Å². The van der Waals surface area contributed by atoms with Crippen LogP contribution in [0.3, 0.4) is 0 Å². The van der Waals surface area contributed by atoms with E-state index in [-0.39, 0.29) is 12.6 Å². The normalized spacial score (nSPS) is 13.2. The largest absolute Gasteiger partial charge is 0.394 e. The number of anilines is 1. The summed E-state index contributed by atoms with van der Waals surface area (Å²) in [4.78, 5) is 12.6. The van der Waals surface area contributed by atoms with Crippen molar-refractivity contribution in [2.75, 3.05) is 32.6 Å². The molecule has 0 aliphatic carbocycles. The molecule has 0 aliphatic rings. The maximum absolute atomic E-state index is 9.33. The van der Waals surface area contributed by atoms with Gasteiger partial charge in [-0.1, -0.05) is 0 Å². The number of nitrogens with zero attached hydrogens (tertiary/aromatic N) is 2. The van der Waals surface area contributed by atoms with Crippen LogP contribution in [-0.4, -0.2) is 53.3 Å². The highest BCUT2D eigenvalue weighted by Crippen LogP contribution is 2.17. The number of aromatic nitrogens is 3. The number of nitrogens with one attached hydrogen (secondary N) is 3. The summed E-state index contributed by atoms with van der Waals surface area (Å²) in [6, 6.07) is 1.92. The fraction of sp³-hybridized carbons (Fsp3) is 0.455. The van der Waals surface area contributed by atoms with Crippen LogP contribution in [0.5, 0.6) is 0 Å². The quantitative estimate of drug-likeness (QED) is 0.530. The molecule has 0 saturated carbocycles. The second kappa shape index (κ2) is 5.11. The van der Waals surface area contributed by atoms with E-state index in [1.807, 2.05) is 12.3 Å². The van der Waals surface area contributed by atoms with Gasteiger partial charge in [0.2, 0.25) is 0 Å². The summed E-state index contributed by atoms with van der Waals surface area (Å²) in [6.45, 7) is 0.910. The summed E-state index contributed by atoms with van der Waals surface area (Å²) in [6.07, 6.45) is 3.34. The molecule has 0 fully saturated rings. The van der Waals surface area contributed by atoms with E-state index in [1.165, 1.54) is 11.2 Å². The number of aliphatic hydroxyl groups is 1. The van der Waals surface area contributed by atoms with Crippen molar-refractivity contribution in [1.29, 1.82) is 0 Å². The van der Waals surface area contributed by atoms with Crippen molar-refractivity contribution in [3.63, 3.8) is 0 Å². The topological polar surface area (TPSA) is 78.3 Å². The second-order valence-corrected chi connectivity index (χ2v) is 4.40. The number of fused-ring (bicyclic) bond motifs is 1. The van der Waals surface area contributed by atoms with Gasteiger partial charge in [0, 0.05) is 6.20 Å². The molecule has 17 heavy (non-hydrogen) atoms. The number of rotatable bonds is 5. The molecule has 0 saturated heterocycles. The van der Waals surface area contributed by atoms with E-state index in [2.05, 4.69) is 34.4 Å². The molecule has 1 atom stereocenters. The zero-order valence-corrected chi connectivity index (χ0v) is 10.1. The lowest BCUT2D eigenvalue weighted by molar-refractivity contribution is -0.858. The number of H-pyrrole nitrogens is 1. The lowest BCUT2D eigenvalue weighted by Gasteiger charge is -2.18. The molecular formula is C11H18N5O+. The number of quaternary nitrogens is 1. The van der Waals surface area contributed by atoms with E-state index >= 15 is 0 Å². The first kappa shape index (κ1) is 11.8. The standard InChI is InChI=1S/C11H17N5O/c1-16(2)5-8(6-17)15-11-9-3-4-12-10(9)13-7-14-11/h3-4,7-8,17H,5-6H2,1-2H3,(H2,12,13,14,15)/p+1/t8-/m0/s1. The highest BCUT2D eigenvalue weighted by atomic mass is 16.3.